The fourth-order valence-corrected chi connectivity index (χ4v) is 2.47. The van der Waals surface area contributed by atoms with Gasteiger partial charge in [0.1, 0.15) is 11.6 Å². The third kappa shape index (κ3) is 2.67. The van der Waals surface area contributed by atoms with Gasteiger partial charge in [-0.05, 0) is 31.7 Å². The second-order valence-electron chi connectivity index (χ2n) is 4.40. The van der Waals surface area contributed by atoms with Crippen LogP contribution in [-0.4, -0.2) is 23.2 Å². The maximum Gasteiger partial charge on any atom is 0.128 e. The van der Waals surface area contributed by atoms with Gasteiger partial charge in [0.2, 0.25) is 0 Å². The van der Waals surface area contributed by atoms with Crippen LogP contribution in [0.5, 0.6) is 5.75 Å². The van der Waals surface area contributed by atoms with Crippen molar-refractivity contribution >= 4 is 15.9 Å². The number of imidazole rings is 1. The molecule has 0 spiro atoms. The van der Waals surface area contributed by atoms with Crippen LogP contribution in [0.2, 0.25) is 0 Å². The predicted octanol–water partition coefficient (Wildman–Crippen LogP) is 2.67. The highest BCUT2D eigenvalue weighted by Crippen LogP contribution is 2.34. The lowest BCUT2D eigenvalue weighted by Crippen LogP contribution is -2.08. The first kappa shape index (κ1) is 14.1. The summed E-state index contributed by atoms with van der Waals surface area (Å²) in [6, 6.07) is 5.93. The first-order chi connectivity index (χ1) is 9.08. The number of rotatable bonds is 4. The van der Waals surface area contributed by atoms with Crippen molar-refractivity contribution in [3.8, 4) is 17.0 Å². The van der Waals surface area contributed by atoms with E-state index in [0.717, 1.165) is 39.4 Å². The van der Waals surface area contributed by atoms with Crippen LogP contribution in [0.1, 0.15) is 11.5 Å². The number of hydrogen-bond acceptors (Lipinski definition) is 3. The average Bonchev–Trinajstić information content (AvgIpc) is 2.67. The maximum absolute atomic E-state index is 5.62. The van der Waals surface area contributed by atoms with Crippen LogP contribution in [0.25, 0.3) is 11.3 Å². The fraction of sp³-hybridized carbons (Fsp3) is 0.357. The monoisotopic (exact) mass is 323 g/mol. The summed E-state index contributed by atoms with van der Waals surface area (Å²) in [5.74, 6) is 1.82. The van der Waals surface area contributed by atoms with Crippen molar-refractivity contribution in [2.75, 3.05) is 13.7 Å². The predicted molar refractivity (Wildman–Crippen MR) is 80.4 cm³/mol. The summed E-state index contributed by atoms with van der Waals surface area (Å²) >= 11 is 3.49. The third-order valence-corrected chi connectivity index (χ3v) is 3.75. The van der Waals surface area contributed by atoms with Gasteiger partial charge in [0, 0.05) is 29.2 Å². The zero-order valence-electron chi connectivity index (χ0n) is 11.4. The van der Waals surface area contributed by atoms with Gasteiger partial charge in [0.25, 0.3) is 0 Å². The zero-order valence-corrected chi connectivity index (χ0v) is 13.0. The molecule has 0 bridgehead atoms. The van der Waals surface area contributed by atoms with E-state index in [1.165, 1.54) is 0 Å². The van der Waals surface area contributed by atoms with E-state index in [2.05, 4.69) is 27.4 Å². The third-order valence-electron chi connectivity index (χ3n) is 3.26. The number of nitrogens with zero attached hydrogens (tertiary/aromatic N) is 2. The highest BCUT2D eigenvalue weighted by atomic mass is 79.9. The van der Waals surface area contributed by atoms with Crippen molar-refractivity contribution in [3.05, 3.63) is 34.2 Å². The van der Waals surface area contributed by atoms with Gasteiger partial charge in [0.05, 0.1) is 12.8 Å². The molecule has 0 aliphatic heterocycles. The van der Waals surface area contributed by atoms with Crippen LogP contribution in [0.15, 0.2) is 22.7 Å². The Hall–Kier alpha value is -1.33. The molecule has 19 heavy (non-hydrogen) atoms. The van der Waals surface area contributed by atoms with Crippen LogP contribution in [-0.2, 0) is 13.5 Å². The summed E-state index contributed by atoms with van der Waals surface area (Å²) in [6.07, 6.45) is 0.771. The normalized spacial score (nSPS) is 10.8. The first-order valence-corrected chi connectivity index (χ1v) is 6.94. The molecule has 1 aromatic heterocycles. The van der Waals surface area contributed by atoms with Gasteiger partial charge >= 0.3 is 0 Å². The molecule has 0 atom stereocenters. The topological polar surface area (TPSA) is 53.1 Å². The molecule has 2 rings (SSSR count). The molecule has 4 nitrogen and oxygen atoms in total. The summed E-state index contributed by atoms with van der Waals surface area (Å²) in [6.45, 7) is 2.65. The number of halogens is 1. The van der Waals surface area contributed by atoms with Gasteiger partial charge in [0.15, 0.2) is 0 Å². The van der Waals surface area contributed by atoms with Crippen molar-refractivity contribution in [1.29, 1.82) is 0 Å². The molecule has 0 aliphatic carbocycles. The molecule has 0 saturated heterocycles. The fourth-order valence-electron chi connectivity index (χ4n) is 2.11. The molecule has 0 aliphatic rings. The molecular weight excluding hydrogens is 306 g/mol. The Labute approximate surface area is 121 Å². The minimum atomic E-state index is 0.597. The number of methoxy groups -OCH3 is 1. The van der Waals surface area contributed by atoms with Gasteiger partial charge in [-0.25, -0.2) is 4.98 Å². The number of benzene rings is 1. The molecule has 0 amide bonds. The van der Waals surface area contributed by atoms with Crippen LogP contribution in [0, 0.1) is 6.92 Å². The Balaban J connectivity index is 2.58. The molecule has 1 heterocycles. The van der Waals surface area contributed by atoms with Crippen molar-refractivity contribution in [2.45, 2.75) is 13.3 Å². The lowest BCUT2D eigenvalue weighted by Gasteiger charge is -2.08. The molecule has 0 saturated carbocycles. The van der Waals surface area contributed by atoms with E-state index in [1.54, 1.807) is 7.11 Å². The Morgan fingerprint density at radius 2 is 2.16 bits per heavy atom. The molecule has 2 N–H and O–H groups in total. The number of hydrogen-bond donors (Lipinski definition) is 1. The number of ether oxygens (including phenoxy) is 1. The molecule has 0 radical (unpaired) electrons. The SMILES string of the molecule is COc1ccc(Br)cc1-c1nc(CCN)n(C)c1C. The zero-order chi connectivity index (χ0) is 14.0. The first-order valence-electron chi connectivity index (χ1n) is 6.14. The minimum Gasteiger partial charge on any atom is -0.496 e. The highest BCUT2D eigenvalue weighted by Gasteiger charge is 2.16. The molecule has 2 aromatic rings. The second-order valence-corrected chi connectivity index (χ2v) is 5.32. The van der Waals surface area contributed by atoms with E-state index in [1.807, 2.05) is 25.2 Å². The molecule has 1 aromatic carbocycles. The van der Waals surface area contributed by atoms with Gasteiger partial charge in [-0.1, -0.05) is 15.9 Å². The molecule has 5 heteroatoms. The van der Waals surface area contributed by atoms with Crippen LogP contribution in [0.4, 0.5) is 0 Å². The summed E-state index contributed by atoms with van der Waals surface area (Å²) < 4.78 is 8.52. The lowest BCUT2D eigenvalue weighted by molar-refractivity contribution is 0.416. The van der Waals surface area contributed by atoms with Crippen molar-refractivity contribution < 1.29 is 4.74 Å². The van der Waals surface area contributed by atoms with Crippen molar-refractivity contribution in [3.63, 3.8) is 0 Å². The smallest absolute Gasteiger partial charge is 0.128 e. The van der Waals surface area contributed by atoms with Gasteiger partial charge in [-0.15, -0.1) is 0 Å². The van der Waals surface area contributed by atoms with E-state index < -0.39 is 0 Å². The van der Waals surface area contributed by atoms with E-state index in [9.17, 15) is 0 Å². The number of aromatic nitrogens is 2. The molecule has 0 unspecified atom stereocenters. The van der Waals surface area contributed by atoms with Crippen LogP contribution >= 0.6 is 15.9 Å². The average molecular weight is 324 g/mol. The van der Waals surface area contributed by atoms with Crippen molar-refractivity contribution in [2.24, 2.45) is 12.8 Å². The standard InChI is InChI=1S/C14H18BrN3O/c1-9-14(17-13(6-7-16)18(9)2)11-8-10(15)4-5-12(11)19-3/h4-5,8H,6-7,16H2,1-3H3. The van der Waals surface area contributed by atoms with E-state index >= 15 is 0 Å². The van der Waals surface area contributed by atoms with Crippen molar-refractivity contribution in [1.82, 2.24) is 9.55 Å². The Morgan fingerprint density at radius 3 is 2.79 bits per heavy atom. The minimum absolute atomic E-state index is 0.597. The van der Waals surface area contributed by atoms with Gasteiger partial charge < -0.3 is 15.0 Å². The van der Waals surface area contributed by atoms with Crippen LogP contribution in [0.3, 0.4) is 0 Å². The quantitative estimate of drug-likeness (QED) is 0.941. The number of nitrogens with two attached hydrogens (primary N) is 1. The van der Waals surface area contributed by atoms with Gasteiger partial charge in [-0.2, -0.15) is 0 Å². The largest absolute Gasteiger partial charge is 0.496 e. The Bertz CT molecular complexity index is 593. The van der Waals surface area contributed by atoms with Gasteiger partial charge in [-0.3, -0.25) is 0 Å². The Morgan fingerprint density at radius 1 is 1.42 bits per heavy atom. The molecule has 0 fully saturated rings. The van der Waals surface area contributed by atoms with Crippen LogP contribution < -0.4 is 10.5 Å². The summed E-state index contributed by atoms with van der Waals surface area (Å²) in [5, 5.41) is 0. The lowest BCUT2D eigenvalue weighted by atomic mass is 10.1. The summed E-state index contributed by atoms with van der Waals surface area (Å²) in [4.78, 5) is 4.70. The van der Waals surface area contributed by atoms with E-state index in [4.69, 9.17) is 15.5 Å². The second kappa shape index (κ2) is 5.75. The van der Waals surface area contributed by atoms with E-state index in [0.29, 0.717) is 6.54 Å². The molecular formula is C14H18BrN3O. The molecule has 102 valence electrons. The maximum atomic E-state index is 5.62. The highest BCUT2D eigenvalue weighted by molar-refractivity contribution is 9.10. The Kier molecular flexibility index (Phi) is 4.27. The van der Waals surface area contributed by atoms with E-state index in [-0.39, 0.29) is 0 Å². The summed E-state index contributed by atoms with van der Waals surface area (Å²) in [7, 11) is 3.69. The summed E-state index contributed by atoms with van der Waals surface area (Å²) in [5.41, 5.74) is 8.68.